The topological polar surface area (TPSA) is 25.2 Å². The van der Waals surface area contributed by atoms with Crippen molar-refractivity contribution in [3.63, 3.8) is 0 Å². The van der Waals surface area contributed by atoms with Gasteiger partial charge in [0.05, 0.1) is 12.3 Å². The molecule has 0 spiro atoms. The molecule has 1 heterocycles. The lowest BCUT2D eigenvalue weighted by atomic mass is 9.99. The van der Waals surface area contributed by atoms with Crippen LogP contribution in [0.4, 0.5) is 0 Å². The van der Waals surface area contributed by atoms with Crippen LogP contribution in [0.15, 0.2) is 41.0 Å². The molecular weight excluding hydrogens is 234 g/mol. The van der Waals surface area contributed by atoms with Crippen molar-refractivity contribution in [2.24, 2.45) is 0 Å². The third-order valence-electron chi connectivity index (χ3n) is 2.83. The zero-order valence-corrected chi connectivity index (χ0v) is 10.8. The predicted molar refractivity (Wildman–Crippen MR) is 70.4 cm³/mol. The number of halogens is 1. The summed E-state index contributed by atoms with van der Waals surface area (Å²) in [6, 6.07) is 9.98. The van der Waals surface area contributed by atoms with Crippen LogP contribution in [-0.2, 0) is 0 Å². The molecule has 0 saturated carbocycles. The predicted octanol–water partition coefficient (Wildman–Crippen LogP) is 3.94. The zero-order valence-electron chi connectivity index (χ0n) is 10.0. The third-order valence-corrected chi connectivity index (χ3v) is 3.18. The third kappa shape index (κ3) is 2.54. The normalized spacial score (nSPS) is 12.6. The molecule has 1 atom stereocenters. The van der Waals surface area contributed by atoms with Crippen LogP contribution in [0.3, 0.4) is 0 Å². The minimum atomic E-state index is 0.0902. The Balaban J connectivity index is 2.43. The SMILES string of the molecule is CCNC(c1ccccc1Cl)c1ccoc1C. The molecule has 1 aromatic heterocycles. The van der Waals surface area contributed by atoms with Gasteiger partial charge in [-0.3, -0.25) is 0 Å². The second kappa shape index (κ2) is 5.39. The molecule has 2 nitrogen and oxygen atoms in total. The van der Waals surface area contributed by atoms with Crippen LogP contribution in [0, 0.1) is 6.92 Å². The van der Waals surface area contributed by atoms with Crippen molar-refractivity contribution in [2.45, 2.75) is 19.9 Å². The molecule has 1 aromatic carbocycles. The van der Waals surface area contributed by atoms with E-state index in [1.54, 1.807) is 6.26 Å². The summed E-state index contributed by atoms with van der Waals surface area (Å²) in [5.41, 5.74) is 2.22. The van der Waals surface area contributed by atoms with Crippen LogP contribution in [0.5, 0.6) is 0 Å². The van der Waals surface area contributed by atoms with Gasteiger partial charge < -0.3 is 9.73 Å². The molecule has 2 aromatic rings. The molecule has 1 N–H and O–H groups in total. The summed E-state index contributed by atoms with van der Waals surface area (Å²) >= 11 is 6.25. The Hall–Kier alpha value is -1.25. The average molecular weight is 250 g/mol. The minimum Gasteiger partial charge on any atom is -0.469 e. The molecule has 0 aliphatic heterocycles. The molecule has 0 aliphatic rings. The average Bonchev–Trinajstić information content (AvgIpc) is 2.74. The second-order valence-electron chi connectivity index (χ2n) is 3.94. The van der Waals surface area contributed by atoms with Crippen LogP contribution in [-0.4, -0.2) is 6.54 Å². The van der Waals surface area contributed by atoms with Crippen LogP contribution in [0.2, 0.25) is 5.02 Å². The number of nitrogens with one attached hydrogen (secondary N) is 1. The second-order valence-corrected chi connectivity index (χ2v) is 4.35. The first kappa shape index (κ1) is 12.2. The Kier molecular flexibility index (Phi) is 3.87. The number of benzene rings is 1. The van der Waals surface area contributed by atoms with Crippen LogP contribution in [0.1, 0.15) is 29.9 Å². The highest BCUT2D eigenvalue weighted by atomic mass is 35.5. The first-order valence-electron chi connectivity index (χ1n) is 5.75. The van der Waals surface area contributed by atoms with Crippen molar-refractivity contribution >= 4 is 11.6 Å². The summed E-state index contributed by atoms with van der Waals surface area (Å²) in [5, 5.41) is 4.22. The highest BCUT2D eigenvalue weighted by Gasteiger charge is 2.18. The van der Waals surface area contributed by atoms with Crippen molar-refractivity contribution in [1.29, 1.82) is 0 Å². The molecule has 1 unspecified atom stereocenters. The van der Waals surface area contributed by atoms with Crippen molar-refractivity contribution in [3.05, 3.63) is 58.5 Å². The molecular formula is C14H16ClNO. The zero-order chi connectivity index (χ0) is 12.3. The van der Waals surface area contributed by atoms with E-state index >= 15 is 0 Å². The quantitative estimate of drug-likeness (QED) is 0.888. The molecule has 3 heteroatoms. The highest BCUT2D eigenvalue weighted by Crippen LogP contribution is 2.30. The van der Waals surface area contributed by atoms with Gasteiger partial charge in [0.1, 0.15) is 5.76 Å². The summed E-state index contributed by atoms with van der Waals surface area (Å²) in [4.78, 5) is 0. The maximum Gasteiger partial charge on any atom is 0.105 e. The molecule has 0 fully saturated rings. The number of hydrogen-bond donors (Lipinski definition) is 1. The van der Waals surface area contributed by atoms with E-state index in [0.29, 0.717) is 0 Å². The molecule has 0 radical (unpaired) electrons. The fourth-order valence-corrected chi connectivity index (χ4v) is 2.24. The maximum atomic E-state index is 6.25. The summed E-state index contributed by atoms with van der Waals surface area (Å²) in [5.74, 6) is 0.927. The van der Waals surface area contributed by atoms with E-state index in [2.05, 4.69) is 12.2 Å². The van der Waals surface area contributed by atoms with Gasteiger partial charge in [-0.05, 0) is 31.2 Å². The van der Waals surface area contributed by atoms with E-state index in [1.807, 2.05) is 37.3 Å². The van der Waals surface area contributed by atoms with Crippen molar-refractivity contribution in [1.82, 2.24) is 5.32 Å². The van der Waals surface area contributed by atoms with Gasteiger partial charge in [0.2, 0.25) is 0 Å². The standard InChI is InChI=1S/C14H16ClNO/c1-3-16-14(11-8-9-17-10(11)2)12-6-4-5-7-13(12)15/h4-9,14,16H,3H2,1-2H3. The monoisotopic (exact) mass is 249 g/mol. The number of hydrogen-bond acceptors (Lipinski definition) is 2. The lowest BCUT2D eigenvalue weighted by Gasteiger charge is -2.19. The minimum absolute atomic E-state index is 0.0902. The Labute approximate surface area is 107 Å². The summed E-state index contributed by atoms with van der Waals surface area (Å²) in [7, 11) is 0. The molecule has 2 rings (SSSR count). The van der Waals surface area contributed by atoms with Gasteiger partial charge in [0, 0.05) is 10.6 Å². The fourth-order valence-electron chi connectivity index (χ4n) is 2.00. The van der Waals surface area contributed by atoms with Crippen molar-refractivity contribution in [2.75, 3.05) is 6.54 Å². The van der Waals surface area contributed by atoms with Crippen molar-refractivity contribution in [3.8, 4) is 0 Å². The number of aryl methyl sites for hydroxylation is 1. The largest absolute Gasteiger partial charge is 0.469 e. The van der Waals surface area contributed by atoms with E-state index in [4.69, 9.17) is 16.0 Å². The smallest absolute Gasteiger partial charge is 0.105 e. The van der Waals surface area contributed by atoms with Gasteiger partial charge in [-0.15, -0.1) is 0 Å². The van der Waals surface area contributed by atoms with E-state index < -0.39 is 0 Å². The first-order valence-corrected chi connectivity index (χ1v) is 6.13. The first-order chi connectivity index (χ1) is 8.24. The van der Waals surface area contributed by atoms with E-state index in [0.717, 1.165) is 28.5 Å². The maximum absolute atomic E-state index is 6.25. The van der Waals surface area contributed by atoms with Crippen LogP contribution in [0.25, 0.3) is 0 Å². The van der Waals surface area contributed by atoms with E-state index in [9.17, 15) is 0 Å². The van der Waals surface area contributed by atoms with E-state index in [1.165, 1.54) is 0 Å². The lowest BCUT2D eigenvalue weighted by Crippen LogP contribution is -2.22. The Morgan fingerprint density at radius 2 is 2.00 bits per heavy atom. The Morgan fingerprint density at radius 1 is 1.24 bits per heavy atom. The molecule has 0 saturated heterocycles. The van der Waals surface area contributed by atoms with Gasteiger partial charge in [0.15, 0.2) is 0 Å². The summed E-state index contributed by atoms with van der Waals surface area (Å²) < 4.78 is 5.37. The molecule has 90 valence electrons. The van der Waals surface area contributed by atoms with Gasteiger partial charge in [0.25, 0.3) is 0 Å². The Bertz CT molecular complexity index is 492. The molecule has 0 amide bonds. The molecule has 17 heavy (non-hydrogen) atoms. The molecule has 0 aliphatic carbocycles. The number of rotatable bonds is 4. The van der Waals surface area contributed by atoms with E-state index in [-0.39, 0.29) is 6.04 Å². The Morgan fingerprint density at radius 3 is 2.59 bits per heavy atom. The lowest BCUT2D eigenvalue weighted by molar-refractivity contribution is 0.520. The molecule has 0 bridgehead atoms. The van der Waals surface area contributed by atoms with Crippen LogP contribution < -0.4 is 5.32 Å². The van der Waals surface area contributed by atoms with Gasteiger partial charge in [-0.2, -0.15) is 0 Å². The fraction of sp³-hybridized carbons (Fsp3) is 0.286. The van der Waals surface area contributed by atoms with Crippen LogP contribution >= 0.6 is 11.6 Å². The van der Waals surface area contributed by atoms with Crippen molar-refractivity contribution < 1.29 is 4.42 Å². The highest BCUT2D eigenvalue weighted by molar-refractivity contribution is 6.31. The summed E-state index contributed by atoms with van der Waals surface area (Å²) in [6.45, 7) is 4.93. The van der Waals surface area contributed by atoms with Gasteiger partial charge >= 0.3 is 0 Å². The number of furan rings is 1. The summed E-state index contributed by atoms with van der Waals surface area (Å²) in [6.07, 6.45) is 1.71. The van der Waals surface area contributed by atoms with Gasteiger partial charge in [-0.1, -0.05) is 36.7 Å². The van der Waals surface area contributed by atoms with Gasteiger partial charge in [-0.25, -0.2) is 0 Å².